The van der Waals surface area contributed by atoms with E-state index in [1.807, 2.05) is 0 Å². The van der Waals surface area contributed by atoms with Crippen molar-refractivity contribution in [2.24, 2.45) is 0 Å². The van der Waals surface area contributed by atoms with Gasteiger partial charge < -0.3 is 15.2 Å². The van der Waals surface area contributed by atoms with E-state index in [0.717, 1.165) is 0 Å². The molecule has 0 aromatic carbocycles. The Morgan fingerprint density at radius 1 is 1.47 bits per heavy atom. The second kappa shape index (κ2) is 3.94. The van der Waals surface area contributed by atoms with Crippen LogP contribution in [-0.2, 0) is 4.74 Å². The molecule has 0 aliphatic carbocycles. The lowest BCUT2D eigenvalue weighted by molar-refractivity contribution is 0.0934. The highest BCUT2D eigenvalue weighted by Gasteiger charge is 2.27. The maximum atomic E-state index is 9.41. The number of aromatic nitrogens is 4. The Bertz CT molecular complexity index is 540. The van der Waals surface area contributed by atoms with Crippen LogP contribution in [0, 0.1) is 6.61 Å². The molecule has 7 heteroatoms. The maximum absolute atomic E-state index is 9.41. The minimum absolute atomic E-state index is 0.255. The maximum Gasteiger partial charge on any atom is 0.167 e. The molecule has 1 unspecified atom stereocenters. The summed E-state index contributed by atoms with van der Waals surface area (Å²) < 4.78 is 7.15. The number of rotatable bonds is 2. The van der Waals surface area contributed by atoms with Crippen molar-refractivity contribution in [1.29, 1.82) is 0 Å². The van der Waals surface area contributed by atoms with E-state index in [-0.39, 0.29) is 6.23 Å². The second-order valence-electron chi connectivity index (χ2n) is 3.83. The van der Waals surface area contributed by atoms with Crippen LogP contribution in [0.5, 0.6) is 0 Å². The molecule has 7 nitrogen and oxygen atoms in total. The summed E-state index contributed by atoms with van der Waals surface area (Å²) in [6.45, 7) is 1.43. The Labute approximate surface area is 97.5 Å². The van der Waals surface area contributed by atoms with Gasteiger partial charge in [0.25, 0.3) is 0 Å². The lowest BCUT2D eigenvalue weighted by Crippen LogP contribution is -2.08. The standard InChI is InChI=1S/C10H12N5O2/c1-11-9-8-10(13-4-12-9)15(5-14-8)7-2-6(16)3-17-7/h3-7,16H,2H2,1H3,(H,11,12,13)/t6-,7?/m0/s1. The molecule has 3 rings (SSSR count). The van der Waals surface area contributed by atoms with Gasteiger partial charge in [0, 0.05) is 13.5 Å². The fourth-order valence-electron chi connectivity index (χ4n) is 1.92. The molecule has 1 aliphatic rings. The van der Waals surface area contributed by atoms with Crippen LogP contribution >= 0.6 is 0 Å². The predicted molar refractivity (Wildman–Crippen MR) is 59.9 cm³/mol. The number of fused-ring (bicyclic) bond motifs is 1. The monoisotopic (exact) mass is 234 g/mol. The number of nitrogens with zero attached hydrogens (tertiary/aromatic N) is 4. The number of hydrogen-bond acceptors (Lipinski definition) is 6. The van der Waals surface area contributed by atoms with Crippen molar-refractivity contribution >= 4 is 17.0 Å². The van der Waals surface area contributed by atoms with Gasteiger partial charge in [-0.1, -0.05) is 0 Å². The van der Waals surface area contributed by atoms with Crippen LogP contribution in [0.15, 0.2) is 12.7 Å². The average molecular weight is 234 g/mol. The van der Waals surface area contributed by atoms with E-state index in [1.54, 1.807) is 17.9 Å². The Morgan fingerprint density at radius 2 is 2.35 bits per heavy atom. The third-order valence-electron chi connectivity index (χ3n) is 2.74. The molecule has 2 aromatic rings. The van der Waals surface area contributed by atoms with Crippen LogP contribution < -0.4 is 5.32 Å². The van der Waals surface area contributed by atoms with Crippen molar-refractivity contribution < 1.29 is 9.84 Å². The molecule has 1 aliphatic heterocycles. The molecule has 3 heterocycles. The summed E-state index contributed by atoms with van der Waals surface area (Å²) in [6.07, 6.45) is 2.83. The van der Waals surface area contributed by atoms with Gasteiger partial charge in [-0.3, -0.25) is 4.57 Å². The number of aliphatic hydroxyl groups excluding tert-OH is 1. The summed E-state index contributed by atoms with van der Waals surface area (Å²) in [5.74, 6) is 0.677. The van der Waals surface area contributed by atoms with Gasteiger partial charge >= 0.3 is 0 Å². The summed E-state index contributed by atoms with van der Waals surface area (Å²) in [7, 11) is 1.78. The van der Waals surface area contributed by atoms with Gasteiger partial charge in [0.15, 0.2) is 11.5 Å². The largest absolute Gasteiger partial charge is 0.390 e. The van der Waals surface area contributed by atoms with E-state index in [2.05, 4.69) is 20.3 Å². The summed E-state index contributed by atoms with van der Waals surface area (Å²) in [5.41, 5.74) is 1.39. The number of imidazole rings is 1. The molecule has 0 saturated carbocycles. The number of anilines is 1. The fourth-order valence-corrected chi connectivity index (χ4v) is 1.92. The van der Waals surface area contributed by atoms with Crippen molar-refractivity contribution in [3.8, 4) is 0 Å². The molecule has 1 saturated heterocycles. The van der Waals surface area contributed by atoms with Crippen LogP contribution in [0.3, 0.4) is 0 Å². The third kappa shape index (κ3) is 1.63. The van der Waals surface area contributed by atoms with Crippen molar-refractivity contribution in [3.05, 3.63) is 19.3 Å². The van der Waals surface area contributed by atoms with E-state index < -0.39 is 6.10 Å². The van der Waals surface area contributed by atoms with Gasteiger partial charge in [0.1, 0.15) is 24.7 Å². The first kappa shape index (κ1) is 10.4. The molecule has 0 bridgehead atoms. The molecule has 1 radical (unpaired) electrons. The van der Waals surface area contributed by atoms with Crippen molar-refractivity contribution in [1.82, 2.24) is 19.5 Å². The number of nitrogens with one attached hydrogen (secondary N) is 1. The van der Waals surface area contributed by atoms with Gasteiger partial charge in [0.2, 0.25) is 0 Å². The van der Waals surface area contributed by atoms with Gasteiger partial charge in [-0.2, -0.15) is 0 Å². The first-order chi connectivity index (χ1) is 8.29. The van der Waals surface area contributed by atoms with E-state index in [0.29, 0.717) is 23.4 Å². The Kier molecular flexibility index (Phi) is 2.41. The Balaban J connectivity index is 2.06. The average Bonchev–Trinajstić information content (AvgIpc) is 2.94. The minimum atomic E-state index is -0.539. The summed E-state index contributed by atoms with van der Waals surface area (Å²) in [6, 6.07) is 0. The molecule has 2 aromatic heterocycles. The van der Waals surface area contributed by atoms with Crippen LogP contribution in [-0.4, -0.2) is 37.8 Å². The number of ether oxygens (including phenoxy) is 1. The van der Waals surface area contributed by atoms with E-state index in [4.69, 9.17) is 4.74 Å². The Hall–Kier alpha value is -1.73. The minimum Gasteiger partial charge on any atom is -0.390 e. The first-order valence-corrected chi connectivity index (χ1v) is 5.31. The molecule has 1 fully saturated rings. The van der Waals surface area contributed by atoms with E-state index in [1.165, 1.54) is 12.9 Å². The van der Waals surface area contributed by atoms with E-state index >= 15 is 0 Å². The molecule has 0 amide bonds. The summed E-state index contributed by atoms with van der Waals surface area (Å²) in [5, 5.41) is 12.4. The second-order valence-corrected chi connectivity index (χ2v) is 3.83. The van der Waals surface area contributed by atoms with Crippen LogP contribution in [0.4, 0.5) is 5.82 Å². The lowest BCUT2D eigenvalue weighted by atomic mass is 10.3. The number of hydrogen-bond donors (Lipinski definition) is 2. The topological polar surface area (TPSA) is 85.1 Å². The van der Waals surface area contributed by atoms with Gasteiger partial charge in [-0.15, -0.1) is 0 Å². The predicted octanol–water partition coefficient (Wildman–Crippen LogP) is 0.310. The normalized spacial score (nSPS) is 24.4. The lowest BCUT2D eigenvalue weighted by Gasteiger charge is -2.10. The number of aliphatic hydroxyl groups is 1. The van der Waals surface area contributed by atoms with Crippen molar-refractivity contribution in [2.75, 3.05) is 12.4 Å². The first-order valence-electron chi connectivity index (χ1n) is 5.31. The summed E-state index contributed by atoms with van der Waals surface area (Å²) in [4.78, 5) is 12.5. The molecular weight excluding hydrogens is 222 g/mol. The SMILES string of the molecule is CNc1ncnc2c1ncn2C1C[C@H](O)[CH]O1. The molecule has 0 spiro atoms. The fraction of sp³-hybridized carbons (Fsp3) is 0.400. The van der Waals surface area contributed by atoms with Crippen LogP contribution in [0.25, 0.3) is 11.2 Å². The molecular formula is C10H12N5O2. The Morgan fingerprint density at radius 3 is 3.06 bits per heavy atom. The summed E-state index contributed by atoms with van der Waals surface area (Å²) >= 11 is 0. The molecule has 89 valence electrons. The zero-order valence-corrected chi connectivity index (χ0v) is 9.24. The van der Waals surface area contributed by atoms with E-state index in [9.17, 15) is 5.11 Å². The van der Waals surface area contributed by atoms with Crippen LogP contribution in [0.2, 0.25) is 0 Å². The smallest absolute Gasteiger partial charge is 0.167 e. The van der Waals surface area contributed by atoms with Gasteiger partial charge in [-0.25, -0.2) is 15.0 Å². The van der Waals surface area contributed by atoms with Gasteiger partial charge in [-0.05, 0) is 0 Å². The molecule has 2 N–H and O–H groups in total. The van der Waals surface area contributed by atoms with Gasteiger partial charge in [0.05, 0.1) is 12.4 Å². The quantitative estimate of drug-likeness (QED) is 0.777. The third-order valence-corrected chi connectivity index (χ3v) is 2.74. The highest BCUT2D eigenvalue weighted by atomic mass is 16.5. The zero-order chi connectivity index (χ0) is 11.8. The van der Waals surface area contributed by atoms with Crippen LogP contribution in [0.1, 0.15) is 12.6 Å². The zero-order valence-electron chi connectivity index (χ0n) is 9.24. The molecule has 2 atom stereocenters. The molecule has 17 heavy (non-hydrogen) atoms. The highest BCUT2D eigenvalue weighted by molar-refractivity contribution is 5.82. The highest BCUT2D eigenvalue weighted by Crippen LogP contribution is 2.29. The van der Waals surface area contributed by atoms with Crippen molar-refractivity contribution in [2.45, 2.75) is 18.8 Å². The van der Waals surface area contributed by atoms with Crippen molar-refractivity contribution in [3.63, 3.8) is 0 Å².